The van der Waals surface area contributed by atoms with Crippen LogP contribution in [0.5, 0.6) is 11.5 Å². The molecule has 2 aromatic carbocycles. The quantitative estimate of drug-likeness (QED) is 0.397. The number of H-pyrrole nitrogens is 1. The van der Waals surface area contributed by atoms with Gasteiger partial charge in [-0.1, -0.05) is 30.3 Å². The van der Waals surface area contributed by atoms with E-state index in [0.717, 1.165) is 20.0 Å². The average Bonchev–Trinajstić information content (AvgIpc) is 3.10. The molecule has 0 spiro atoms. The number of carbonyl (C=O) groups is 1. The van der Waals surface area contributed by atoms with E-state index in [4.69, 9.17) is 14.2 Å². The Labute approximate surface area is 165 Å². The molecule has 0 aliphatic rings. The second kappa shape index (κ2) is 8.44. The smallest absolute Gasteiger partial charge is 0.354 e. The summed E-state index contributed by atoms with van der Waals surface area (Å²) in [6, 6.07) is 13.6. The molecule has 1 N–H and O–H groups in total. The number of carbonyl (C=O) groups excluding carboxylic acids is 1. The number of fused-ring (bicyclic) bond motifs is 1. The monoisotopic (exact) mass is 465 g/mol. The number of aromatic amines is 1. The number of hydrogen-bond donors (Lipinski definition) is 1. The zero-order chi connectivity index (χ0) is 18.5. The topological polar surface area (TPSA) is 60.6 Å². The molecule has 5 nitrogen and oxygen atoms in total. The SMILES string of the molecule is CCOC(=O)c1cc2c(OCC)c(OCc3ccccc3)cc(I)c2[nH]1. The van der Waals surface area contributed by atoms with Crippen LogP contribution in [0.25, 0.3) is 10.9 Å². The number of esters is 1. The number of rotatable bonds is 7. The molecule has 0 atom stereocenters. The van der Waals surface area contributed by atoms with E-state index in [1.54, 1.807) is 13.0 Å². The van der Waals surface area contributed by atoms with Gasteiger partial charge in [0.05, 0.1) is 18.7 Å². The molecule has 0 amide bonds. The summed E-state index contributed by atoms with van der Waals surface area (Å²) >= 11 is 2.22. The molecular formula is C20H20INO4. The molecular weight excluding hydrogens is 445 g/mol. The van der Waals surface area contributed by atoms with Crippen molar-refractivity contribution in [3.05, 3.63) is 57.3 Å². The summed E-state index contributed by atoms with van der Waals surface area (Å²) in [5.74, 6) is 0.904. The average molecular weight is 465 g/mol. The van der Waals surface area contributed by atoms with E-state index in [2.05, 4.69) is 27.6 Å². The lowest BCUT2D eigenvalue weighted by Gasteiger charge is -2.14. The van der Waals surface area contributed by atoms with Crippen LogP contribution in [0.1, 0.15) is 29.9 Å². The summed E-state index contributed by atoms with van der Waals surface area (Å²) in [4.78, 5) is 15.2. The second-order valence-electron chi connectivity index (χ2n) is 5.59. The Morgan fingerprint density at radius 1 is 1.08 bits per heavy atom. The molecule has 0 bridgehead atoms. The predicted octanol–water partition coefficient (Wildman–Crippen LogP) is 4.93. The Bertz CT molecular complexity index is 905. The Morgan fingerprint density at radius 3 is 2.54 bits per heavy atom. The molecule has 1 aromatic heterocycles. The van der Waals surface area contributed by atoms with Crippen LogP contribution in [-0.2, 0) is 11.3 Å². The normalized spacial score (nSPS) is 10.7. The maximum Gasteiger partial charge on any atom is 0.354 e. The van der Waals surface area contributed by atoms with E-state index >= 15 is 0 Å². The molecule has 0 saturated carbocycles. The maximum atomic E-state index is 12.1. The fourth-order valence-corrected chi connectivity index (χ4v) is 3.37. The van der Waals surface area contributed by atoms with Crippen molar-refractivity contribution in [1.82, 2.24) is 4.98 Å². The highest BCUT2D eigenvalue weighted by Crippen LogP contribution is 2.39. The molecule has 3 rings (SSSR count). The molecule has 0 aliphatic carbocycles. The number of hydrogen-bond acceptors (Lipinski definition) is 4. The number of halogens is 1. The summed E-state index contributed by atoms with van der Waals surface area (Å²) in [5, 5.41) is 0.810. The first-order valence-electron chi connectivity index (χ1n) is 8.45. The van der Waals surface area contributed by atoms with Crippen molar-refractivity contribution in [2.45, 2.75) is 20.5 Å². The molecule has 0 fully saturated rings. The molecule has 3 aromatic rings. The number of ether oxygens (including phenoxy) is 3. The van der Waals surface area contributed by atoms with Crippen LogP contribution in [0.2, 0.25) is 0 Å². The van der Waals surface area contributed by atoms with Crippen LogP contribution in [-0.4, -0.2) is 24.2 Å². The first-order chi connectivity index (χ1) is 12.6. The van der Waals surface area contributed by atoms with Gasteiger partial charge in [-0.2, -0.15) is 0 Å². The van der Waals surface area contributed by atoms with Crippen LogP contribution >= 0.6 is 22.6 Å². The van der Waals surface area contributed by atoms with Gasteiger partial charge < -0.3 is 19.2 Å². The molecule has 6 heteroatoms. The van der Waals surface area contributed by atoms with Crippen LogP contribution in [0.15, 0.2) is 42.5 Å². The molecule has 0 aliphatic heterocycles. The van der Waals surface area contributed by atoms with Gasteiger partial charge in [0.2, 0.25) is 0 Å². The van der Waals surface area contributed by atoms with Gasteiger partial charge in [0.15, 0.2) is 11.5 Å². The van der Waals surface area contributed by atoms with Crippen molar-refractivity contribution in [3.8, 4) is 11.5 Å². The number of benzene rings is 2. The summed E-state index contributed by atoms with van der Waals surface area (Å²) in [6.07, 6.45) is 0. The third kappa shape index (κ3) is 3.95. The fourth-order valence-electron chi connectivity index (χ4n) is 2.66. The third-order valence-electron chi connectivity index (χ3n) is 3.80. The Hall–Kier alpha value is -2.22. The second-order valence-corrected chi connectivity index (χ2v) is 6.75. The van der Waals surface area contributed by atoms with Crippen molar-refractivity contribution in [2.75, 3.05) is 13.2 Å². The lowest BCUT2D eigenvalue weighted by atomic mass is 10.2. The highest BCUT2D eigenvalue weighted by molar-refractivity contribution is 14.1. The van der Waals surface area contributed by atoms with E-state index in [1.807, 2.05) is 43.3 Å². The molecule has 0 unspecified atom stereocenters. The lowest BCUT2D eigenvalue weighted by molar-refractivity contribution is 0.0520. The Balaban J connectivity index is 1.99. The van der Waals surface area contributed by atoms with Gasteiger partial charge in [-0.25, -0.2) is 4.79 Å². The Kier molecular flexibility index (Phi) is 6.03. The van der Waals surface area contributed by atoms with Gasteiger partial charge in [-0.05, 0) is 54.1 Å². The van der Waals surface area contributed by atoms with E-state index < -0.39 is 0 Å². The maximum absolute atomic E-state index is 12.1. The number of aromatic nitrogens is 1. The highest BCUT2D eigenvalue weighted by atomic mass is 127. The zero-order valence-electron chi connectivity index (χ0n) is 14.7. The van der Waals surface area contributed by atoms with Crippen LogP contribution in [0, 0.1) is 3.57 Å². The lowest BCUT2D eigenvalue weighted by Crippen LogP contribution is -2.04. The minimum absolute atomic E-state index is 0.328. The minimum atomic E-state index is -0.381. The standard InChI is InChI=1S/C20H20INO4/c1-3-24-19-14-10-16(20(23)25-4-2)22-18(14)15(21)11-17(19)26-12-13-8-6-5-7-9-13/h5-11,22H,3-4,12H2,1-2H3. The van der Waals surface area contributed by atoms with Gasteiger partial charge in [0.1, 0.15) is 12.3 Å². The van der Waals surface area contributed by atoms with E-state index in [1.165, 1.54) is 0 Å². The summed E-state index contributed by atoms with van der Waals surface area (Å²) in [5.41, 5.74) is 2.32. The van der Waals surface area contributed by atoms with Crippen molar-refractivity contribution >= 4 is 39.5 Å². The highest BCUT2D eigenvalue weighted by Gasteiger charge is 2.19. The summed E-state index contributed by atoms with van der Waals surface area (Å²) in [6.45, 7) is 4.97. The van der Waals surface area contributed by atoms with Crippen molar-refractivity contribution in [1.29, 1.82) is 0 Å². The Morgan fingerprint density at radius 2 is 1.85 bits per heavy atom. The number of nitrogens with one attached hydrogen (secondary N) is 1. The predicted molar refractivity (Wildman–Crippen MR) is 109 cm³/mol. The summed E-state index contributed by atoms with van der Waals surface area (Å²) in [7, 11) is 0. The molecule has 1 heterocycles. The van der Waals surface area contributed by atoms with Crippen LogP contribution < -0.4 is 9.47 Å². The minimum Gasteiger partial charge on any atom is -0.489 e. The van der Waals surface area contributed by atoms with Gasteiger partial charge in [-0.3, -0.25) is 0 Å². The van der Waals surface area contributed by atoms with Crippen molar-refractivity contribution in [2.24, 2.45) is 0 Å². The first kappa shape index (κ1) is 18.6. The van der Waals surface area contributed by atoms with Crippen molar-refractivity contribution in [3.63, 3.8) is 0 Å². The van der Waals surface area contributed by atoms with Gasteiger partial charge >= 0.3 is 5.97 Å². The summed E-state index contributed by atoms with van der Waals surface area (Å²) < 4.78 is 17.9. The van der Waals surface area contributed by atoms with Gasteiger partial charge in [0.25, 0.3) is 0 Å². The molecule has 136 valence electrons. The molecule has 0 radical (unpaired) electrons. The zero-order valence-corrected chi connectivity index (χ0v) is 16.8. The van der Waals surface area contributed by atoms with Crippen LogP contribution in [0.3, 0.4) is 0 Å². The largest absolute Gasteiger partial charge is 0.489 e. The van der Waals surface area contributed by atoms with E-state index in [-0.39, 0.29) is 5.97 Å². The third-order valence-corrected chi connectivity index (χ3v) is 4.65. The van der Waals surface area contributed by atoms with Crippen LogP contribution in [0.4, 0.5) is 0 Å². The van der Waals surface area contributed by atoms with E-state index in [9.17, 15) is 4.79 Å². The van der Waals surface area contributed by atoms with Crippen molar-refractivity contribution < 1.29 is 19.0 Å². The van der Waals surface area contributed by atoms with Gasteiger partial charge in [-0.15, -0.1) is 0 Å². The molecule has 0 saturated heterocycles. The van der Waals surface area contributed by atoms with E-state index in [0.29, 0.717) is 37.0 Å². The first-order valence-corrected chi connectivity index (χ1v) is 9.53. The molecule has 26 heavy (non-hydrogen) atoms. The van der Waals surface area contributed by atoms with Gasteiger partial charge in [0, 0.05) is 8.96 Å². The fraction of sp³-hybridized carbons (Fsp3) is 0.250.